The Morgan fingerprint density at radius 3 is 2.24 bits per heavy atom. The Balaban J connectivity index is 2.07. The summed E-state index contributed by atoms with van der Waals surface area (Å²) in [4.78, 5) is 11.8. The Kier molecular flexibility index (Phi) is 5.71. The Morgan fingerprint density at radius 1 is 1.00 bits per heavy atom. The summed E-state index contributed by atoms with van der Waals surface area (Å²) in [7, 11) is 0. The van der Waals surface area contributed by atoms with Crippen LogP contribution in [0.5, 0.6) is 0 Å². The maximum absolute atomic E-state index is 13.5. The number of alkyl halides is 3. The molecule has 0 heterocycles. The molecule has 1 amide bonds. The summed E-state index contributed by atoms with van der Waals surface area (Å²) in [5.41, 5.74) is -0.445. The SMILES string of the molecule is O=C(CCc1cccc(F)c1F)NC(c1ccc(F)cc1)C(F)(F)F. The molecule has 0 spiro atoms. The van der Waals surface area contributed by atoms with Gasteiger partial charge < -0.3 is 5.32 Å². The van der Waals surface area contributed by atoms with Crippen molar-refractivity contribution in [3.05, 3.63) is 71.0 Å². The van der Waals surface area contributed by atoms with Crippen LogP contribution in [0.25, 0.3) is 0 Å². The Morgan fingerprint density at radius 2 is 1.64 bits per heavy atom. The summed E-state index contributed by atoms with van der Waals surface area (Å²) in [5.74, 6) is -3.94. The largest absolute Gasteiger partial charge is 0.412 e. The molecule has 0 aliphatic rings. The van der Waals surface area contributed by atoms with Crippen molar-refractivity contribution < 1.29 is 31.1 Å². The van der Waals surface area contributed by atoms with E-state index in [1.54, 1.807) is 5.32 Å². The number of nitrogens with one attached hydrogen (secondary N) is 1. The van der Waals surface area contributed by atoms with Crippen LogP contribution in [0, 0.1) is 17.5 Å². The van der Waals surface area contributed by atoms with E-state index in [0.29, 0.717) is 0 Å². The molecule has 134 valence electrons. The van der Waals surface area contributed by atoms with E-state index in [1.165, 1.54) is 12.1 Å². The topological polar surface area (TPSA) is 29.1 Å². The number of rotatable bonds is 5. The Bertz CT molecular complexity index is 742. The van der Waals surface area contributed by atoms with Gasteiger partial charge in [0.15, 0.2) is 17.7 Å². The molecule has 0 aliphatic heterocycles. The van der Waals surface area contributed by atoms with Gasteiger partial charge in [0, 0.05) is 6.42 Å². The first-order valence-corrected chi connectivity index (χ1v) is 7.23. The number of amides is 1. The summed E-state index contributed by atoms with van der Waals surface area (Å²) in [6.45, 7) is 0. The third-order valence-corrected chi connectivity index (χ3v) is 3.49. The molecule has 0 fully saturated rings. The first kappa shape index (κ1) is 18.8. The van der Waals surface area contributed by atoms with Gasteiger partial charge >= 0.3 is 6.18 Å². The standard InChI is InChI=1S/C17H13F6NO/c18-12-7-4-11(5-8-12)16(17(21,22)23)24-14(25)9-6-10-2-1-3-13(19)15(10)20/h1-5,7-8,16H,6,9H2,(H,24,25). The van der Waals surface area contributed by atoms with E-state index in [1.807, 2.05) is 0 Å². The van der Waals surface area contributed by atoms with Gasteiger partial charge in [-0.2, -0.15) is 13.2 Å². The third-order valence-electron chi connectivity index (χ3n) is 3.49. The number of carbonyl (C=O) groups excluding carboxylic acids is 1. The zero-order valence-electron chi connectivity index (χ0n) is 12.7. The zero-order chi connectivity index (χ0) is 18.6. The van der Waals surface area contributed by atoms with Crippen LogP contribution in [-0.2, 0) is 11.2 Å². The Labute approximate surface area is 139 Å². The van der Waals surface area contributed by atoms with Crippen molar-refractivity contribution in [3.8, 4) is 0 Å². The van der Waals surface area contributed by atoms with Crippen molar-refractivity contribution in [1.29, 1.82) is 0 Å². The van der Waals surface area contributed by atoms with Crippen LogP contribution in [0.2, 0.25) is 0 Å². The van der Waals surface area contributed by atoms with Crippen LogP contribution in [0.3, 0.4) is 0 Å². The molecule has 1 atom stereocenters. The van der Waals surface area contributed by atoms with Crippen molar-refractivity contribution in [2.24, 2.45) is 0 Å². The van der Waals surface area contributed by atoms with E-state index in [0.717, 1.165) is 30.3 Å². The van der Waals surface area contributed by atoms with Crippen LogP contribution < -0.4 is 5.32 Å². The van der Waals surface area contributed by atoms with Gasteiger partial charge in [-0.05, 0) is 35.7 Å². The second kappa shape index (κ2) is 7.58. The average Bonchev–Trinajstić information content (AvgIpc) is 2.54. The average molecular weight is 361 g/mol. The minimum atomic E-state index is -4.79. The fourth-order valence-electron chi connectivity index (χ4n) is 2.23. The summed E-state index contributed by atoms with van der Waals surface area (Å²) in [5, 5.41) is 1.79. The normalized spacial score (nSPS) is 12.7. The minimum absolute atomic E-state index is 0.111. The maximum atomic E-state index is 13.5. The van der Waals surface area contributed by atoms with E-state index in [2.05, 4.69) is 0 Å². The summed E-state index contributed by atoms with van der Waals surface area (Å²) in [6.07, 6.45) is -5.52. The fourth-order valence-corrected chi connectivity index (χ4v) is 2.23. The van der Waals surface area contributed by atoms with Gasteiger partial charge in [0.25, 0.3) is 0 Å². The minimum Gasteiger partial charge on any atom is -0.341 e. The maximum Gasteiger partial charge on any atom is 0.412 e. The molecular weight excluding hydrogens is 348 g/mol. The number of hydrogen-bond acceptors (Lipinski definition) is 1. The number of hydrogen-bond donors (Lipinski definition) is 1. The van der Waals surface area contributed by atoms with Gasteiger partial charge in [-0.3, -0.25) is 4.79 Å². The first-order valence-electron chi connectivity index (χ1n) is 7.23. The Hall–Kier alpha value is -2.51. The van der Waals surface area contributed by atoms with Gasteiger partial charge in [-0.1, -0.05) is 24.3 Å². The summed E-state index contributed by atoms with van der Waals surface area (Å²) >= 11 is 0. The quantitative estimate of drug-likeness (QED) is 0.783. The van der Waals surface area contributed by atoms with Crippen LogP contribution in [0.4, 0.5) is 26.3 Å². The number of aryl methyl sites for hydroxylation is 1. The van der Waals surface area contributed by atoms with E-state index in [9.17, 15) is 31.1 Å². The monoisotopic (exact) mass is 361 g/mol. The van der Waals surface area contributed by atoms with Crippen LogP contribution in [0.1, 0.15) is 23.6 Å². The van der Waals surface area contributed by atoms with E-state index >= 15 is 0 Å². The molecule has 0 aliphatic carbocycles. The first-order chi connectivity index (χ1) is 11.7. The second-order valence-electron chi connectivity index (χ2n) is 5.31. The van der Waals surface area contributed by atoms with Gasteiger partial charge in [-0.25, -0.2) is 13.2 Å². The molecule has 0 saturated carbocycles. The van der Waals surface area contributed by atoms with Gasteiger partial charge in [-0.15, -0.1) is 0 Å². The van der Waals surface area contributed by atoms with Crippen LogP contribution in [0.15, 0.2) is 42.5 Å². The van der Waals surface area contributed by atoms with Crippen LogP contribution in [-0.4, -0.2) is 12.1 Å². The van der Waals surface area contributed by atoms with Crippen molar-refractivity contribution in [1.82, 2.24) is 5.32 Å². The van der Waals surface area contributed by atoms with E-state index < -0.39 is 42.0 Å². The molecule has 2 aromatic rings. The predicted molar refractivity (Wildman–Crippen MR) is 78.0 cm³/mol. The van der Waals surface area contributed by atoms with Crippen molar-refractivity contribution in [2.45, 2.75) is 25.1 Å². The number of benzene rings is 2. The van der Waals surface area contributed by atoms with E-state index in [-0.39, 0.29) is 17.5 Å². The summed E-state index contributed by atoms with van der Waals surface area (Å²) in [6, 6.07) is 4.59. The summed E-state index contributed by atoms with van der Waals surface area (Å²) < 4.78 is 78.8. The fraction of sp³-hybridized carbons (Fsp3) is 0.235. The molecule has 2 rings (SSSR count). The van der Waals surface area contributed by atoms with Gasteiger partial charge in [0.1, 0.15) is 5.82 Å². The van der Waals surface area contributed by atoms with E-state index in [4.69, 9.17) is 0 Å². The van der Waals surface area contributed by atoms with Gasteiger partial charge in [0.05, 0.1) is 0 Å². The van der Waals surface area contributed by atoms with Crippen molar-refractivity contribution in [2.75, 3.05) is 0 Å². The molecule has 0 bridgehead atoms. The lowest BCUT2D eigenvalue weighted by Crippen LogP contribution is -2.38. The lowest BCUT2D eigenvalue weighted by molar-refractivity contribution is -0.163. The molecule has 1 N–H and O–H groups in total. The van der Waals surface area contributed by atoms with Crippen molar-refractivity contribution >= 4 is 5.91 Å². The lowest BCUT2D eigenvalue weighted by atomic mass is 10.0. The second-order valence-corrected chi connectivity index (χ2v) is 5.31. The van der Waals surface area contributed by atoms with Crippen LogP contribution >= 0.6 is 0 Å². The van der Waals surface area contributed by atoms with Gasteiger partial charge in [0.2, 0.25) is 5.91 Å². The molecule has 2 aromatic carbocycles. The molecular formula is C17H13F6NO. The molecule has 2 nitrogen and oxygen atoms in total. The zero-order valence-corrected chi connectivity index (χ0v) is 12.7. The molecule has 0 saturated heterocycles. The molecule has 0 radical (unpaired) electrons. The number of carbonyl (C=O) groups is 1. The lowest BCUT2D eigenvalue weighted by Gasteiger charge is -2.22. The highest BCUT2D eigenvalue weighted by atomic mass is 19.4. The molecule has 25 heavy (non-hydrogen) atoms. The third kappa shape index (κ3) is 4.98. The molecule has 1 unspecified atom stereocenters. The highest BCUT2D eigenvalue weighted by Gasteiger charge is 2.41. The number of halogens is 6. The smallest absolute Gasteiger partial charge is 0.341 e. The highest BCUT2D eigenvalue weighted by Crippen LogP contribution is 2.32. The van der Waals surface area contributed by atoms with Crippen molar-refractivity contribution in [3.63, 3.8) is 0 Å². The predicted octanol–water partition coefficient (Wildman–Crippen LogP) is 4.46. The molecule has 0 aromatic heterocycles. The highest BCUT2D eigenvalue weighted by molar-refractivity contribution is 5.76. The molecule has 8 heteroatoms.